The molecule has 0 saturated carbocycles. The van der Waals surface area contributed by atoms with Gasteiger partial charge in [0.15, 0.2) is 0 Å². The molecule has 1 heterocycles. The van der Waals surface area contributed by atoms with Crippen molar-refractivity contribution in [3.63, 3.8) is 0 Å². The van der Waals surface area contributed by atoms with Crippen LogP contribution in [-0.4, -0.2) is 21.3 Å². The lowest BCUT2D eigenvalue weighted by molar-refractivity contribution is -0.250. The van der Waals surface area contributed by atoms with Gasteiger partial charge in [0, 0.05) is 5.75 Å². The van der Waals surface area contributed by atoms with Crippen LogP contribution in [0, 0.1) is 0 Å². The van der Waals surface area contributed by atoms with Gasteiger partial charge in [0.05, 0.1) is 10.6 Å². The van der Waals surface area contributed by atoms with Crippen molar-refractivity contribution in [3.8, 4) is 0 Å². The van der Waals surface area contributed by atoms with Crippen LogP contribution in [0.2, 0.25) is 0 Å². The average molecular weight is 291 g/mol. The summed E-state index contributed by atoms with van der Waals surface area (Å²) in [5.41, 5.74) is 0.176. The Kier molecular flexibility index (Phi) is 4.57. The summed E-state index contributed by atoms with van der Waals surface area (Å²) in [5, 5.41) is 14.8. The lowest BCUT2D eigenvalue weighted by Crippen LogP contribution is -2.51. The maximum atomic E-state index is 12.6. The van der Waals surface area contributed by atoms with Crippen molar-refractivity contribution in [2.75, 3.05) is 0 Å². The zero-order valence-corrected chi connectivity index (χ0v) is 13.5. The highest BCUT2D eigenvalue weighted by Gasteiger charge is 2.51. The fourth-order valence-electron chi connectivity index (χ4n) is 2.43. The molecule has 2 rings (SSSR count). The number of hydrogen-bond acceptors (Lipinski definition) is 3. The first-order valence-corrected chi connectivity index (χ1v) is 8.19. The number of benzene rings is 1. The maximum Gasteiger partial charge on any atom is 0.137 e. The van der Waals surface area contributed by atoms with Crippen molar-refractivity contribution in [2.45, 2.75) is 57.5 Å². The summed E-state index contributed by atoms with van der Waals surface area (Å²) in [5.74, 6) is 0.864. The van der Waals surface area contributed by atoms with Gasteiger partial charge in [-0.1, -0.05) is 44.2 Å². The van der Waals surface area contributed by atoms with Crippen molar-refractivity contribution >= 4 is 16.8 Å². The van der Waals surface area contributed by atoms with Crippen LogP contribution in [0.1, 0.15) is 46.1 Å². The highest BCUT2D eigenvalue weighted by molar-refractivity contribution is 8.13. The molecule has 2 unspecified atom stereocenters. The molecule has 20 heavy (non-hydrogen) atoms. The minimum atomic E-state index is -0.607. The monoisotopic (exact) mass is 291 g/mol. The van der Waals surface area contributed by atoms with Crippen molar-refractivity contribution in [1.29, 1.82) is 0 Å². The summed E-state index contributed by atoms with van der Waals surface area (Å²) < 4.78 is 0. The van der Waals surface area contributed by atoms with Gasteiger partial charge in [-0.3, -0.25) is 4.99 Å². The third-order valence-electron chi connectivity index (χ3n) is 4.27. The molecule has 0 spiro atoms. The molecular weight excluding hydrogens is 268 g/mol. The minimum Gasteiger partial charge on any atom is -0.256 e. The van der Waals surface area contributed by atoms with Crippen LogP contribution in [-0.2, 0) is 11.0 Å². The van der Waals surface area contributed by atoms with Crippen LogP contribution in [0.25, 0.3) is 0 Å². The van der Waals surface area contributed by atoms with Gasteiger partial charge < -0.3 is 0 Å². The fourth-order valence-corrected chi connectivity index (χ4v) is 3.73. The van der Waals surface area contributed by atoms with Gasteiger partial charge in [-0.15, -0.1) is 22.0 Å². The van der Waals surface area contributed by atoms with E-state index in [0.717, 1.165) is 23.6 Å². The number of hydrogen-bond donors (Lipinski definition) is 0. The molecule has 0 saturated heterocycles. The zero-order chi connectivity index (χ0) is 14.8. The molecule has 1 aliphatic heterocycles. The van der Waals surface area contributed by atoms with Gasteiger partial charge in [-0.05, 0) is 32.3 Å². The number of hydroxylamine groups is 2. The van der Waals surface area contributed by atoms with Crippen molar-refractivity contribution in [2.24, 2.45) is 4.99 Å². The molecular formula is C16H23N2OS. The maximum absolute atomic E-state index is 12.6. The Labute approximate surface area is 126 Å². The van der Waals surface area contributed by atoms with E-state index in [1.54, 1.807) is 11.8 Å². The second-order valence-corrected chi connectivity index (χ2v) is 6.65. The molecule has 4 heteroatoms. The second kappa shape index (κ2) is 5.88. The number of rotatable bonds is 4. The summed E-state index contributed by atoms with van der Waals surface area (Å²) >= 11 is 1.70. The molecule has 0 aromatic heterocycles. The summed E-state index contributed by atoms with van der Waals surface area (Å²) in [7, 11) is 0. The predicted octanol–water partition coefficient (Wildman–Crippen LogP) is 4.27. The molecule has 1 aromatic rings. The average Bonchev–Trinajstić information content (AvgIpc) is 2.69. The molecule has 0 amide bonds. The third kappa shape index (κ3) is 2.65. The Hall–Kier alpha value is -0.840. The number of nitrogens with zero attached hydrogens (tertiary/aromatic N) is 2. The van der Waals surface area contributed by atoms with E-state index >= 15 is 0 Å². The van der Waals surface area contributed by atoms with E-state index in [0.29, 0.717) is 0 Å². The molecule has 0 N–H and O–H groups in total. The van der Waals surface area contributed by atoms with E-state index in [2.05, 4.69) is 19.1 Å². The van der Waals surface area contributed by atoms with Crippen molar-refractivity contribution in [3.05, 3.63) is 35.9 Å². The molecule has 0 aliphatic carbocycles. The minimum absolute atomic E-state index is 0.482. The van der Waals surface area contributed by atoms with Crippen molar-refractivity contribution < 1.29 is 5.21 Å². The fraction of sp³-hybridized carbons (Fsp3) is 0.562. The van der Waals surface area contributed by atoms with Crippen LogP contribution < -0.4 is 0 Å². The summed E-state index contributed by atoms with van der Waals surface area (Å²) in [6.45, 7) is 8.03. The molecule has 109 valence electrons. The molecule has 0 fully saturated rings. The van der Waals surface area contributed by atoms with E-state index in [-0.39, 0.29) is 0 Å². The van der Waals surface area contributed by atoms with Crippen LogP contribution in [0.15, 0.2) is 35.3 Å². The van der Waals surface area contributed by atoms with Gasteiger partial charge in [-0.25, -0.2) is 0 Å². The highest BCUT2D eigenvalue weighted by atomic mass is 32.2. The standard InChI is InChI=1S/C16H23N2OS/c1-5-15(3)14(17-16(4,6-2)18(15)19)20-12-13-10-8-7-9-11-13/h7-11H,5-6,12H2,1-4H3. The van der Waals surface area contributed by atoms with Crippen molar-refractivity contribution in [1.82, 2.24) is 5.06 Å². The summed E-state index contributed by atoms with van der Waals surface area (Å²) in [4.78, 5) is 4.75. The van der Waals surface area contributed by atoms with E-state index < -0.39 is 11.2 Å². The molecule has 1 aliphatic rings. The summed E-state index contributed by atoms with van der Waals surface area (Å²) in [6, 6.07) is 10.3. The molecule has 3 nitrogen and oxygen atoms in total. The van der Waals surface area contributed by atoms with Crippen LogP contribution >= 0.6 is 11.8 Å². The SMILES string of the molecule is CCC1(C)N=C(SCc2ccccc2)C(C)(CC)N1[O]. The largest absolute Gasteiger partial charge is 0.256 e. The molecule has 1 aromatic carbocycles. The topological polar surface area (TPSA) is 35.5 Å². The lowest BCUT2D eigenvalue weighted by atomic mass is 9.99. The van der Waals surface area contributed by atoms with Gasteiger partial charge in [0.1, 0.15) is 5.66 Å². The van der Waals surface area contributed by atoms with Gasteiger partial charge in [0.2, 0.25) is 0 Å². The number of aliphatic imine (C=N–C) groups is 1. The smallest absolute Gasteiger partial charge is 0.137 e. The van der Waals surface area contributed by atoms with E-state index in [1.165, 1.54) is 10.6 Å². The summed E-state index contributed by atoms with van der Waals surface area (Å²) in [6.07, 6.45) is 1.52. The second-order valence-electron chi connectivity index (χ2n) is 5.68. The van der Waals surface area contributed by atoms with Crippen LogP contribution in [0.5, 0.6) is 0 Å². The Morgan fingerprint density at radius 2 is 1.80 bits per heavy atom. The third-order valence-corrected chi connectivity index (χ3v) is 5.55. The van der Waals surface area contributed by atoms with E-state index in [1.807, 2.05) is 39.0 Å². The van der Waals surface area contributed by atoms with Crippen LogP contribution in [0.4, 0.5) is 0 Å². The van der Waals surface area contributed by atoms with Gasteiger partial charge >= 0.3 is 0 Å². The first kappa shape index (κ1) is 15.5. The highest BCUT2D eigenvalue weighted by Crippen LogP contribution is 2.42. The Balaban J connectivity index is 2.18. The predicted molar refractivity (Wildman–Crippen MR) is 85.1 cm³/mol. The van der Waals surface area contributed by atoms with E-state index in [9.17, 15) is 5.21 Å². The Morgan fingerprint density at radius 1 is 1.15 bits per heavy atom. The molecule has 1 radical (unpaired) electrons. The first-order valence-electron chi connectivity index (χ1n) is 7.21. The lowest BCUT2D eigenvalue weighted by Gasteiger charge is -2.35. The van der Waals surface area contributed by atoms with E-state index in [4.69, 9.17) is 4.99 Å². The molecule has 2 atom stereocenters. The van der Waals surface area contributed by atoms with Gasteiger partial charge in [-0.2, -0.15) is 0 Å². The number of thioether (sulfide) groups is 1. The quantitative estimate of drug-likeness (QED) is 0.830. The zero-order valence-electron chi connectivity index (χ0n) is 12.7. The van der Waals surface area contributed by atoms with Crippen LogP contribution in [0.3, 0.4) is 0 Å². The Bertz CT molecular complexity index is 491. The normalized spacial score (nSPS) is 30.6. The Morgan fingerprint density at radius 3 is 2.35 bits per heavy atom. The molecule has 0 bridgehead atoms. The first-order chi connectivity index (χ1) is 9.46. The van der Waals surface area contributed by atoms with Gasteiger partial charge in [0.25, 0.3) is 0 Å².